The highest BCUT2D eigenvalue weighted by molar-refractivity contribution is 6.27. The van der Waals surface area contributed by atoms with Crippen molar-refractivity contribution in [3.05, 3.63) is 0 Å². The van der Waals surface area contributed by atoms with Gasteiger partial charge < -0.3 is 9.16 Å². The molecule has 0 saturated carbocycles. The van der Waals surface area contributed by atoms with E-state index >= 15 is 0 Å². The average molecular weight is 156 g/mol. The number of hydrogen-bond acceptors (Lipinski definition) is 2. The van der Waals surface area contributed by atoms with Crippen LogP contribution < -0.4 is 0 Å². The summed E-state index contributed by atoms with van der Waals surface area (Å²) in [5, 5.41) is 0. The molecular formula is C7H12O2Si. The summed E-state index contributed by atoms with van der Waals surface area (Å²) in [4.78, 5) is 0. The Labute approximate surface area is 63.8 Å². The van der Waals surface area contributed by atoms with Gasteiger partial charge in [-0.1, -0.05) is 0 Å². The van der Waals surface area contributed by atoms with Crippen molar-refractivity contribution >= 4 is 9.76 Å². The fourth-order valence-corrected chi connectivity index (χ4v) is 2.74. The van der Waals surface area contributed by atoms with Gasteiger partial charge in [0.15, 0.2) is 0 Å². The Bertz CT molecular complexity index is 113. The summed E-state index contributed by atoms with van der Waals surface area (Å²) in [7, 11) is 0.722. The van der Waals surface area contributed by atoms with E-state index in [0.29, 0.717) is 0 Å². The fraction of sp³-hybridized carbons (Fsp3) is 1.00. The van der Waals surface area contributed by atoms with Crippen LogP contribution in [0.4, 0.5) is 0 Å². The van der Waals surface area contributed by atoms with Crippen LogP contribution in [-0.4, -0.2) is 28.6 Å². The molecule has 3 heteroatoms. The average Bonchev–Trinajstić information content (AvgIpc) is 2.39. The molecule has 0 bridgehead atoms. The van der Waals surface area contributed by atoms with Crippen molar-refractivity contribution < 1.29 is 9.16 Å². The minimum atomic E-state index is 0.158. The summed E-state index contributed by atoms with van der Waals surface area (Å²) in [6.45, 7) is 1.80. The zero-order valence-electron chi connectivity index (χ0n) is 6.06. The molecule has 56 valence electrons. The number of ether oxygens (including phenoxy) is 1. The van der Waals surface area contributed by atoms with Crippen LogP contribution in [0, 0.1) is 0 Å². The van der Waals surface area contributed by atoms with Crippen LogP contribution in [0.1, 0.15) is 19.3 Å². The molecule has 0 N–H and O–H groups in total. The van der Waals surface area contributed by atoms with Gasteiger partial charge in [-0.05, 0) is 25.3 Å². The smallest absolute Gasteiger partial charge is 0.229 e. The highest BCUT2D eigenvalue weighted by atomic mass is 28.2. The highest BCUT2D eigenvalue weighted by Crippen LogP contribution is 2.32. The standard InChI is InChI=1S/C7H12O2Si/c1-2-7(8-4-1)3-5-10-9-6-7/h1-6H2. The van der Waals surface area contributed by atoms with Crippen molar-refractivity contribution in [2.24, 2.45) is 0 Å². The highest BCUT2D eigenvalue weighted by Gasteiger charge is 2.36. The molecule has 2 fully saturated rings. The van der Waals surface area contributed by atoms with E-state index < -0.39 is 0 Å². The molecule has 2 aliphatic rings. The lowest BCUT2D eigenvalue weighted by Gasteiger charge is -2.31. The van der Waals surface area contributed by atoms with Crippen LogP contribution in [0.25, 0.3) is 0 Å². The maximum Gasteiger partial charge on any atom is 0.229 e. The number of rotatable bonds is 0. The second-order valence-corrected chi connectivity index (χ2v) is 4.15. The van der Waals surface area contributed by atoms with Crippen molar-refractivity contribution in [2.45, 2.75) is 30.9 Å². The minimum absolute atomic E-state index is 0.158. The quantitative estimate of drug-likeness (QED) is 0.487. The van der Waals surface area contributed by atoms with Crippen LogP contribution in [0.3, 0.4) is 0 Å². The van der Waals surface area contributed by atoms with Crippen LogP contribution >= 0.6 is 0 Å². The van der Waals surface area contributed by atoms with E-state index in [1.54, 1.807) is 0 Å². The maximum absolute atomic E-state index is 5.66. The molecule has 0 aromatic heterocycles. The van der Waals surface area contributed by atoms with E-state index in [4.69, 9.17) is 9.16 Å². The van der Waals surface area contributed by atoms with E-state index in [0.717, 1.165) is 23.0 Å². The first-order valence-electron chi connectivity index (χ1n) is 3.90. The summed E-state index contributed by atoms with van der Waals surface area (Å²) in [6.07, 6.45) is 3.68. The van der Waals surface area contributed by atoms with Gasteiger partial charge in [0, 0.05) is 6.61 Å². The topological polar surface area (TPSA) is 18.5 Å². The van der Waals surface area contributed by atoms with Gasteiger partial charge >= 0.3 is 0 Å². The zero-order chi connectivity index (χ0) is 6.86. The second kappa shape index (κ2) is 2.64. The molecule has 0 aliphatic carbocycles. The minimum Gasteiger partial charge on any atom is -0.415 e. The summed E-state index contributed by atoms with van der Waals surface area (Å²) in [5.41, 5.74) is 0.158. The SMILES string of the molecule is C1COC2(C1)CC[Si]OC2. The largest absolute Gasteiger partial charge is 0.415 e. The Balaban J connectivity index is 1.98. The Morgan fingerprint density at radius 1 is 1.30 bits per heavy atom. The molecule has 2 rings (SSSR count). The number of hydrogen-bond donors (Lipinski definition) is 0. The Morgan fingerprint density at radius 2 is 2.30 bits per heavy atom. The molecule has 2 heterocycles. The van der Waals surface area contributed by atoms with Crippen molar-refractivity contribution in [1.29, 1.82) is 0 Å². The molecule has 1 atom stereocenters. The van der Waals surface area contributed by atoms with Gasteiger partial charge in [-0.3, -0.25) is 0 Å². The van der Waals surface area contributed by atoms with Crippen molar-refractivity contribution in [3.63, 3.8) is 0 Å². The van der Waals surface area contributed by atoms with E-state index in [-0.39, 0.29) is 5.60 Å². The van der Waals surface area contributed by atoms with Gasteiger partial charge in [0.1, 0.15) is 0 Å². The lowest BCUT2D eigenvalue weighted by atomic mass is 9.98. The molecule has 2 aliphatic heterocycles. The Morgan fingerprint density at radius 3 is 2.90 bits per heavy atom. The molecule has 1 spiro atoms. The summed E-state index contributed by atoms with van der Waals surface area (Å²) in [5.74, 6) is 0. The molecule has 1 unspecified atom stereocenters. The lowest BCUT2D eigenvalue weighted by Crippen LogP contribution is -2.38. The van der Waals surface area contributed by atoms with E-state index in [2.05, 4.69) is 0 Å². The molecule has 2 radical (unpaired) electrons. The molecular weight excluding hydrogens is 144 g/mol. The second-order valence-electron chi connectivity index (χ2n) is 3.07. The Hall–Kier alpha value is 0.137. The summed E-state index contributed by atoms with van der Waals surface area (Å²) in [6, 6.07) is 1.21. The third kappa shape index (κ3) is 1.13. The first-order chi connectivity index (χ1) is 4.91. The zero-order valence-corrected chi connectivity index (χ0v) is 7.06. The molecule has 10 heavy (non-hydrogen) atoms. The Kier molecular flexibility index (Phi) is 1.80. The molecule has 0 aromatic rings. The molecule has 2 saturated heterocycles. The van der Waals surface area contributed by atoms with Gasteiger partial charge in [0.25, 0.3) is 0 Å². The molecule has 0 amide bonds. The maximum atomic E-state index is 5.66. The first-order valence-corrected chi connectivity index (χ1v) is 5.02. The first kappa shape index (κ1) is 6.82. The van der Waals surface area contributed by atoms with Gasteiger partial charge in [0.05, 0.1) is 12.2 Å². The van der Waals surface area contributed by atoms with Gasteiger partial charge in [-0.2, -0.15) is 0 Å². The predicted molar refractivity (Wildman–Crippen MR) is 39.0 cm³/mol. The van der Waals surface area contributed by atoms with Gasteiger partial charge in [-0.25, -0.2) is 0 Å². The lowest BCUT2D eigenvalue weighted by molar-refractivity contribution is -0.0421. The third-order valence-corrected chi connectivity index (χ3v) is 3.11. The van der Waals surface area contributed by atoms with Crippen molar-refractivity contribution in [2.75, 3.05) is 13.2 Å². The summed E-state index contributed by atoms with van der Waals surface area (Å²) >= 11 is 0. The van der Waals surface area contributed by atoms with Crippen molar-refractivity contribution in [1.82, 2.24) is 0 Å². The van der Waals surface area contributed by atoms with Gasteiger partial charge in [0.2, 0.25) is 9.76 Å². The normalized spacial score (nSPS) is 40.8. The predicted octanol–water partition coefficient (Wildman–Crippen LogP) is 0.993. The molecule has 2 nitrogen and oxygen atoms in total. The van der Waals surface area contributed by atoms with Crippen LogP contribution in [0.2, 0.25) is 6.04 Å². The van der Waals surface area contributed by atoms with Crippen LogP contribution in [-0.2, 0) is 9.16 Å². The van der Waals surface area contributed by atoms with E-state index in [9.17, 15) is 0 Å². The van der Waals surface area contributed by atoms with E-state index in [1.165, 1.54) is 25.3 Å². The summed E-state index contributed by atoms with van der Waals surface area (Å²) < 4.78 is 11.1. The third-order valence-electron chi connectivity index (χ3n) is 2.30. The van der Waals surface area contributed by atoms with Crippen molar-refractivity contribution in [3.8, 4) is 0 Å². The monoisotopic (exact) mass is 156 g/mol. The van der Waals surface area contributed by atoms with Crippen LogP contribution in [0.5, 0.6) is 0 Å². The van der Waals surface area contributed by atoms with Gasteiger partial charge in [-0.15, -0.1) is 0 Å². The fourth-order valence-electron chi connectivity index (χ4n) is 1.67. The van der Waals surface area contributed by atoms with E-state index in [1.807, 2.05) is 0 Å². The molecule has 0 aromatic carbocycles. The van der Waals surface area contributed by atoms with Crippen LogP contribution in [0.15, 0.2) is 0 Å².